The SMILES string of the molecule is Cc1cccn2cc(CCNC(=O)C(O)c3ccccc3)nc12. The summed E-state index contributed by atoms with van der Waals surface area (Å²) in [7, 11) is 0. The van der Waals surface area contributed by atoms with Crippen molar-refractivity contribution in [3.05, 3.63) is 71.7 Å². The first kappa shape index (κ1) is 15.2. The highest BCUT2D eigenvalue weighted by atomic mass is 16.3. The molecular formula is C18H19N3O2. The molecule has 0 fully saturated rings. The van der Waals surface area contributed by atoms with Crippen molar-refractivity contribution in [1.29, 1.82) is 0 Å². The average Bonchev–Trinajstić information content (AvgIpc) is 2.99. The lowest BCUT2D eigenvalue weighted by Gasteiger charge is -2.11. The summed E-state index contributed by atoms with van der Waals surface area (Å²) in [6, 6.07) is 12.9. The van der Waals surface area contributed by atoms with E-state index in [2.05, 4.69) is 10.3 Å². The number of nitrogens with one attached hydrogen (secondary N) is 1. The molecule has 2 aromatic heterocycles. The minimum atomic E-state index is -1.14. The second-order valence-corrected chi connectivity index (χ2v) is 5.51. The first-order valence-electron chi connectivity index (χ1n) is 7.59. The van der Waals surface area contributed by atoms with Crippen LogP contribution in [0.3, 0.4) is 0 Å². The number of pyridine rings is 1. The molecule has 3 rings (SSSR count). The summed E-state index contributed by atoms with van der Waals surface area (Å²) in [5.74, 6) is -0.392. The van der Waals surface area contributed by atoms with Crippen LogP contribution in [0.25, 0.3) is 5.65 Å². The van der Waals surface area contributed by atoms with E-state index in [-0.39, 0.29) is 0 Å². The Bertz CT molecular complexity index is 812. The maximum absolute atomic E-state index is 12.0. The number of aromatic nitrogens is 2. The smallest absolute Gasteiger partial charge is 0.253 e. The summed E-state index contributed by atoms with van der Waals surface area (Å²) >= 11 is 0. The normalized spacial score (nSPS) is 12.3. The zero-order chi connectivity index (χ0) is 16.2. The summed E-state index contributed by atoms with van der Waals surface area (Å²) in [5, 5.41) is 12.8. The zero-order valence-electron chi connectivity index (χ0n) is 12.9. The van der Waals surface area contributed by atoms with Crippen LogP contribution in [0.1, 0.15) is 22.9 Å². The van der Waals surface area contributed by atoms with E-state index in [9.17, 15) is 9.90 Å². The zero-order valence-corrected chi connectivity index (χ0v) is 12.9. The molecule has 2 heterocycles. The Kier molecular flexibility index (Phi) is 4.39. The van der Waals surface area contributed by atoms with Crippen LogP contribution < -0.4 is 5.32 Å². The van der Waals surface area contributed by atoms with E-state index in [1.54, 1.807) is 24.3 Å². The van der Waals surface area contributed by atoms with Gasteiger partial charge in [0.05, 0.1) is 5.69 Å². The van der Waals surface area contributed by atoms with E-state index in [1.807, 2.05) is 41.9 Å². The number of amides is 1. The van der Waals surface area contributed by atoms with Crippen LogP contribution in [0.5, 0.6) is 0 Å². The minimum Gasteiger partial charge on any atom is -0.378 e. The summed E-state index contributed by atoms with van der Waals surface area (Å²) in [4.78, 5) is 16.5. The van der Waals surface area contributed by atoms with Crippen LogP contribution in [0.4, 0.5) is 0 Å². The van der Waals surface area contributed by atoms with Crippen molar-refractivity contribution in [3.63, 3.8) is 0 Å². The van der Waals surface area contributed by atoms with Gasteiger partial charge < -0.3 is 14.8 Å². The molecule has 0 saturated carbocycles. The lowest BCUT2D eigenvalue weighted by Crippen LogP contribution is -2.31. The van der Waals surface area contributed by atoms with Gasteiger partial charge in [-0.15, -0.1) is 0 Å². The predicted octanol–water partition coefficient (Wildman–Crippen LogP) is 2.04. The predicted molar refractivity (Wildman–Crippen MR) is 88.0 cm³/mol. The Morgan fingerprint density at radius 2 is 2.04 bits per heavy atom. The van der Waals surface area contributed by atoms with Gasteiger partial charge in [0.1, 0.15) is 5.65 Å². The van der Waals surface area contributed by atoms with E-state index in [0.29, 0.717) is 18.5 Å². The second-order valence-electron chi connectivity index (χ2n) is 5.51. The van der Waals surface area contributed by atoms with Crippen molar-refractivity contribution in [3.8, 4) is 0 Å². The maximum atomic E-state index is 12.0. The van der Waals surface area contributed by atoms with E-state index < -0.39 is 12.0 Å². The summed E-state index contributed by atoms with van der Waals surface area (Å²) in [6.45, 7) is 2.45. The summed E-state index contributed by atoms with van der Waals surface area (Å²) in [6.07, 6.45) is 3.40. The molecule has 0 aliphatic carbocycles. The Balaban J connectivity index is 1.58. The monoisotopic (exact) mass is 309 g/mol. The van der Waals surface area contributed by atoms with Gasteiger partial charge in [-0.3, -0.25) is 4.79 Å². The molecule has 23 heavy (non-hydrogen) atoms. The fraction of sp³-hybridized carbons (Fsp3) is 0.222. The quantitative estimate of drug-likeness (QED) is 0.758. The number of aliphatic hydroxyl groups is 1. The van der Waals surface area contributed by atoms with Gasteiger partial charge in [-0.05, 0) is 24.1 Å². The number of benzene rings is 1. The van der Waals surface area contributed by atoms with Gasteiger partial charge in [-0.25, -0.2) is 4.98 Å². The standard InChI is InChI=1S/C18H19N3O2/c1-13-6-5-11-21-12-15(20-17(13)21)9-10-19-18(23)16(22)14-7-3-2-4-8-14/h2-8,11-12,16,22H,9-10H2,1H3,(H,19,23). The first-order chi connectivity index (χ1) is 11.1. The topological polar surface area (TPSA) is 66.6 Å². The number of hydrogen-bond acceptors (Lipinski definition) is 3. The highest BCUT2D eigenvalue weighted by molar-refractivity contribution is 5.81. The number of rotatable bonds is 5. The third-order valence-corrected chi connectivity index (χ3v) is 3.77. The summed E-state index contributed by atoms with van der Waals surface area (Å²) in [5.41, 5.74) is 3.54. The average molecular weight is 309 g/mol. The van der Waals surface area contributed by atoms with Crippen LogP contribution in [-0.2, 0) is 11.2 Å². The van der Waals surface area contributed by atoms with Crippen molar-refractivity contribution in [2.75, 3.05) is 6.54 Å². The molecule has 5 nitrogen and oxygen atoms in total. The van der Waals surface area contributed by atoms with Gasteiger partial charge in [0, 0.05) is 25.4 Å². The number of aliphatic hydroxyl groups excluding tert-OH is 1. The fourth-order valence-corrected chi connectivity index (χ4v) is 2.52. The van der Waals surface area contributed by atoms with Gasteiger partial charge in [0.25, 0.3) is 5.91 Å². The molecule has 2 N–H and O–H groups in total. The molecule has 0 aliphatic heterocycles. The van der Waals surface area contributed by atoms with Crippen LogP contribution in [-0.4, -0.2) is 26.9 Å². The number of carbonyl (C=O) groups is 1. The second kappa shape index (κ2) is 6.62. The Morgan fingerprint density at radius 3 is 2.78 bits per heavy atom. The van der Waals surface area contributed by atoms with E-state index >= 15 is 0 Å². The number of hydrogen-bond donors (Lipinski definition) is 2. The minimum absolute atomic E-state index is 0.392. The molecule has 0 radical (unpaired) electrons. The number of imidazole rings is 1. The fourth-order valence-electron chi connectivity index (χ4n) is 2.52. The highest BCUT2D eigenvalue weighted by Gasteiger charge is 2.16. The van der Waals surface area contributed by atoms with E-state index in [4.69, 9.17) is 0 Å². The van der Waals surface area contributed by atoms with E-state index in [0.717, 1.165) is 16.9 Å². The molecule has 0 bridgehead atoms. The molecule has 1 atom stereocenters. The maximum Gasteiger partial charge on any atom is 0.253 e. The van der Waals surface area contributed by atoms with Crippen LogP contribution in [0.2, 0.25) is 0 Å². The van der Waals surface area contributed by atoms with Crippen molar-refractivity contribution in [1.82, 2.24) is 14.7 Å². The van der Waals surface area contributed by atoms with Crippen molar-refractivity contribution in [2.24, 2.45) is 0 Å². The van der Waals surface area contributed by atoms with Crippen molar-refractivity contribution in [2.45, 2.75) is 19.4 Å². The molecule has 1 unspecified atom stereocenters. The Morgan fingerprint density at radius 1 is 1.26 bits per heavy atom. The van der Waals surface area contributed by atoms with Gasteiger partial charge in [0.2, 0.25) is 0 Å². The van der Waals surface area contributed by atoms with E-state index in [1.165, 1.54) is 0 Å². The summed E-state index contributed by atoms with van der Waals surface area (Å²) < 4.78 is 1.98. The lowest BCUT2D eigenvalue weighted by atomic mass is 10.1. The molecule has 5 heteroatoms. The number of fused-ring (bicyclic) bond motifs is 1. The molecule has 118 valence electrons. The van der Waals surface area contributed by atoms with Gasteiger partial charge in [-0.2, -0.15) is 0 Å². The largest absolute Gasteiger partial charge is 0.378 e. The molecule has 3 aromatic rings. The Labute approximate surface area is 134 Å². The molecule has 1 amide bonds. The van der Waals surface area contributed by atoms with Gasteiger partial charge in [0.15, 0.2) is 6.10 Å². The molecule has 1 aromatic carbocycles. The van der Waals surface area contributed by atoms with Crippen molar-refractivity contribution < 1.29 is 9.90 Å². The molecule has 0 spiro atoms. The molecule has 0 saturated heterocycles. The molecule has 0 aliphatic rings. The van der Waals surface area contributed by atoms with Crippen LogP contribution in [0, 0.1) is 6.92 Å². The van der Waals surface area contributed by atoms with Crippen LogP contribution >= 0.6 is 0 Å². The van der Waals surface area contributed by atoms with Crippen molar-refractivity contribution >= 4 is 11.6 Å². The van der Waals surface area contributed by atoms with Gasteiger partial charge >= 0.3 is 0 Å². The number of carbonyl (C=O) groups excluding carboxylic acids is 1. The number of aryl methyl sites for hydroxylation is 1. The third-order valence-electron chi connectivity index (χ3n) is 3.77. The number of nitrogens with zero attached hydrogens (tertiary/aromatic N) is 2. The Hall–Kier alpha value is -2.66. The molecular weight excluding hydrogens is 290 g/mol. The highest BCUT2D eigenvalue weighted by Crippen LogP contribution is 2.12. The third kappa shape index (κ3) is 3.40. The van der Waals surface area contributed by atoms with Gasteiger partial charge in [-0.1, -0.05) is 36.4 Å². The van der Waals surface area contributed by atoms with Crippen LogP contribution in [0.15, 0.2) is 54.9 Å². The first-order valence-corrected chi connectivity index (χ1v) is 7.59. The lowest BCUT2D eigenvalue weighted by molar-refractivity contribution is -0.129.